The van der Waals surface area contributed by atoms with E-state index in [0.717, 1.165) is 21.4 Å². The molecule has 0 spiro atoms. The summed E-state index contributed by atoms with van der Waals surface area (Å²) >= 11 is 1.61. The Morgan fingerprint density at radius 3 is 3.14 bits per heavy atom. The smallest absolute Gasteiger partial charge is 0.160 e. The van der Waals surface area contributed by atoms with E-state index in [2.05, 4.69) is 9.97 Å². The second kappa shape index (κ2) is 2.99. The fourth-order valence-corrected chi connectivity index (χ4v) is 2.14. The fourth-order valence-electron chi connectivity index (χ4n) is 1.28. The summed E-state index contributed by atoms with van der Waals surface area (Å²) in [6.45, 7) is 0. The highest BCUT2D eigenvalue weighted by atomic mass is 32.2. The van der Waals surface area contributed by atoms with Crippen LogP contribution in [0.15, 0.2) is 46.7 Å². The molecule has 0 unspecified atom stereocenters. The third kappa shape index (κ3) is 1.15. The monoisotopic (exact) mass is 202 g/mol. The van der Waals surface area contributed by atoms with Crippen molar-refractivity contribution in [3.8, 4) is 11.5 Å². The molecule has 0 amide bonds. The lowest BCUT2D eigenvalue weighted by Crippen LogP contribution is -1.96. The van der Waals surface area contributed by atoms with Gasteiger partial charge in [-0.15, -0.1) is 0 Å². The lowest BCUT2D eigenvalue weighted by Gasteiger charge is -2.17. The minimum atomic E-state index is 0.804. The normalized spacial score (nSPS) is 12.6. The highest BCUT2D eigenvalue weighted by Gasteiger charge is 2.17. The molecular weight excluding hydrogens is 196 g/mol. The second-order valence-corrected chi connectivity index (χ2v) is 3.86. The molecule has 0 radical (unpaired) electrons. The third-order valence-corrected chi connectivity index (χ3v) is 2.97. The molecule has 3 heterocycles. The van der Waals surface area contributed by atoms with Crippen molar-refractivity contribution in [3.63, 3.8) is 0 Å². The van der Waals surface area contributed by atoms with Crippen molar-refractivity contribution in [3.05, 3.63) is 36.8 Å². The molecule has 0 saturated heterocycles. The van der Waals surface area contributed by atoms with Gasteiger partial charge in [-0.05, 0) is 18.2 Å². The zero-order valence-corrected chi connectivity index (χ0v) is 7.99. The Balaban J connectivity index is 2.12. The van der Waals surface area contributed by atoms with Gasteiger partial charge in [-0.2, -0.15) is 0 Å². The SMILES string of the molecule is c1cnc2c(c1)Oc1cnccc1S2. The lowest BCUT2D eigenvalue weighted by molar-refractivity contribution is 0.446. The fraction of sp³-hybridized carbons (Fsp3) is 0. The molecule has 2 aromatic heterocycles. The first-order chi connectivity index (χ1) is 6.93. The Bertz CT molecular complexity index is 400. The van der Waals surface area contributed by atoms with E-state index in [1.165, 1.54) is 0 Å². The van der Waals surface area contributed by atoms with Crippen molar-refractivity contribution in [2.75, 3.05) is 0 Å². The molecule has 4 heteroatoms. The maximum atomic E-state index is 5.63. The Labute approximate surface area is 85.2 Å². The van der Waals surface area contributed by atoms with Crippen LogP contribution in [0.3, 0.4) is 0 Å². The highest BCUT2D eigenvalue weighted by molar-refractivity contribution is 7.99. The predicted molar refractivity (Wildman–Crippen MR) is 52.7 cm³/mol. The Morgan fingerprint density at radius 1 is 1.14 bits per heavy atom. The first-order valence-corrected chi connectivity index (χ1v) is 5.00. The average Bonchev–Trinajstić information content (AvgIpc) is 2.26. The standard InChI is InChI=1S/C10H6N2OS/c1-2-7-10(12-4-1)14-9-3-5-11-6-8(9)13-7/h1-6H. The average molecular weight is 202 g/mol. The van der Waals surface area contributed by atoms with Crippen LogP contribution in [-0.2, 0) is 0 Å². The number of nitrogens with zero attached hydrogens (tertiary/aromatic N) is 2. The van der Waals surface area contributed by atoms with Gasteiger partial charge in [-0.1, -0.05) is 11.8 Å². The summed E-state index contributed by atoms with van der Waals surface area (Å²) in [6, 6.07) is 5.70. The molecule has 0 aliphatic carbocycles. The number of hydrogen-bond donors (Lipinski definition) is 0. The van der Waals surface area contributed by atoms with Crippen LogP contribution in [0.1, 0.15) is 0 Å². The molecule has 0 bridgehead atoms. The molecule has 68 valence electrons. The minimum absolute atomic E-state index is 0.804. The largest absolute Gasteiger partial charge is 0.452 e. The van der Waals surface area contributed by atoms with Gasteiger partial charge in [0, 0.05) is 12.4 Å². The Morgan fingerprint density at radius 2 is 2.14 bits per heavy atom. The first-order valence-electron chi connectivity index (χ1n) is 4.18. The molecule has 0 aromatic carbocycles. The summed E-state index contributed by atoms with van der Waals surface area (Å²) < 4.78 is 5.63. The van der Waals surface area contributed by atoms with Gasteiger partial charge >= 0.3 is 0 Å². The molecule has 0 fully saturated rings. The number of hydrogen-bond acceptors (Lipinski definition) is 4. The van der Waals surface area contributed by atoms with Crippen molar-refractivity contribution in [2.24, 2.45) is 0 Å². The molecule has 0 atom stereocenters. The van der Waals surface area contributed by atoms with Crippen LogP contribution in [0.4, 0.5) is 0 Å². The zero-order valence-electron chi connectivity index (χ0n) is 7.18. The van der Waals surface area contributed by atoms with Gasteiger partial charge in [0.2, 0.25) is 0 Å². The minimum Gasteiger partial charge on any atom is -0.452 e. The summed E-state index contributed by atoms with van der Waals surface area (Å²) in [6.07, 6.45) is 5.24. The van der Waals surface area contributed by atoms with Crippen LogP contribution in [0.5, 0.6) is 11.5 Å². The Hall–Kier alpha value is -1.55. The molecule has 1 aliphatic heterocycles. The number of pyridine rings is 2. The maximum absolute atomic E-state index is 5.63. The lowest BCUT2D eigenvalue weighted by atomic mass is 10.4. The van der Waals surface area contributed by atoms with Crippen molar-refractivity contribution in [1.29, 1.82) is 0 Å². The molecular formula is C10H6N2OS. The van der Waals surface area contributed by atoms with Crippen LogP contribution in [0.25, 0.3) is 0 Å². The number of fused-ring (bicyclic) bond motifs is 2. The predicted octanol–water partition coefficient (Wildman–Crippen LogP) is 2.73. The summed E-state index contributed by atoms with van der Waals surface area (Å²) in [5.41, 5.74) is 0. The van der Waals surface area contributed by atoms with Gasteiger partial charge < -0.3 is 4.74 Å². The summed E-state index contributed by atoms with van der Waals surface area (Å²) in [4.78, 5) is 9.31. The van der Waals surface area contributed by atoms with Crippen LogP contribution < -0.4 is 4.74 Å². The van der Waals surface area contributed by atoms with Gasteiger partial charge in [0.1, 0.15) is 5.03 Å². The van der Waals surface area contributed by atoms with Crippen molar-refractivity contribution in [1.82, 2.24) is 9.97 Å². The topological polar surface area (TPSA) is 35.0 Å². The first kappa shape index (κ1) is 7.82. The van der Waals surface area contributed by atoms with Crippen molar-refractivity contribution < 1.29 is 4.74 Å². The summed E-state index contributed by atoms with van der Waals surface area (Å²) in [7, 11) is 0. The second-order valence-electron chi connectivity index (χ2n) is 2.83. The van der Waals surface area contributed by atoms with Crippen molar-refractivity contribution in [2.45, 2.75) is 9.92 Å². The van der Waals surface area contributed by atoms with E-state index in [-0.39, 0.29) is 0 Å². The number of ether oxygens (including phenoxy) is 1. The molecule has 0 saturated carbocycles. The van der Waals surface area contributed by atoms with Gasteiger partial charge in [0.15, 0.2) is 11.5 Å². The van der Waals surface area contributed by atoms with Crippen LogP contribution >= 0.6 is 11.8 Å². The van der Waals surface area contributed by atoms with Crippen LogP contribution in [0, 0.1) is 0 Å². The van der Waals surface area contributed by atoms with Crippen molar-refractivity contribution >= 4 is 11.8 Å². The zero-order chi connectivity index (χ0) is 9.38. The van der Waals surface area contributed by atoms with E-state index < -0.39 is 0 Å². The molecule has 0 N–H and O–H groups in total. The Kier molecular flexibility index (Phi) is 1.67. The molecule has 14 heavy (non-hydrogen) atoms. The van der Waals surface area contributed by atoms with Gasteiger partial charge in [0.25, 0.3) is 0 Å². The summed E-state index contributed by atoms with van der Waals surface area (Å²) in [5, 5.41) is 0.909. The number of rotatable bonds is 0. The molecule has 3 rings (SSSR count). The molecule has 2 aromatic rings. The third-order valence-electron chi connectivity index (χ3n) is 1.91. The van der Waals surface area contributed by atoms with E-state index in [1.54, 1.807) is 30.4 Å². The van der Waals surface area contributed by atoms with E-state index in [0.29, 0.717) is 0 Å². The van der Waals surface area contributed by atoms with Gasteiger partial charge in [-0.3, -0.25) is 4.98 Å². The van der Waals surface area contributed by atoms with Gasteiger partial charge in [-0.25, -0.2) is 4.98 Å². The maximum Gasteiger partial charge on any atom is 0.160 e. The van der Waals surface area contributed by atoms with E-state index in [4.69, 9.17) is 4.74 Å². The molecule has 3 nitrogen and oxygen atoms in total. The van der Waals surface area contributed by atoms with E-state index in [1.807, 2.05) is 18.2 Å². The van der Waals surface area contributed by atoms with E-state index >= 15 is 0 Å². The van der Waals surface area contributed by atoms with E-state index in [9.17, 15) is 0 Å². The van der Waals surface area contributed by atoms with Crippen LogP contribution in [-0.4, -0.2) is 9.97 Å². The quantitative estimate of drug-likeness (QED) is 0.561. The van der Waals surface area contributed by atoms with Gasteiger partial charge in [0.05, 0.1) is 11.1 Å². The number of aromatic nitrogens is 2. The van der Waals surface area contributed by atoms with Crippen LogP contribution in [0.2, 0.25) is 0 Å². The summed E-state index contributed by atoms with van der Waals surface area (Å²) in [5.74, 6) is 1.61. The molecule has 1 aliphatic rings. The highest BCUT2D eigenvalue weighted by Crippen LogP contribution is 2.44.